The highest BCUT2D eigenvalue weighted by atomic mass is 16.4. The number of hydrogen-bond acceptors (Lipinski definition) is 4. The predicted molar refractivity (Wildman–Crippen MR) is 76.0 cm³/mol. The summed E-state index contributed by atoms with van der Waals surface area (Å²) in [5.74, 6) is 0.243. The lowest BCUT2D eigenvalue weighted by molar-refractivity contribution is 0.471. The average molecular weight is 268 g/mol. The van der Waals surface area contributed by atoms with Gasteiger partial charge in [-0.3, -0.25) is 0 Å². The zero-order chi connectivity index (χ0) is 14.3. The van der Waals surface area contributed by atoms with Crippen LogP contribution in [0.1, 0.15) is 5.56 Å². The van der Waals surface area contributed by atoms with Crippen LogP contribution in [0.5, 0.6) is 11.5 Å². The molecule has 2 N–H and O–H groups in total. The van der Waals surface area contributed by atoms with Gasteiger partial charge in [0.1, 0.15) is 17.1 Å². The molecule has 0 radical (unpaired) electrons. The molecular weight excluding hydrogens is 256 g/mol. The maximum Gasteiger partial charge on any atom is 0.336 e. The standard InChI is InChI=1S/C16H12O4/c1-9-2-3-10(6-14(9)18)12-8-16(19)20-15-5-4-11(17)7-13(12)15/h2-8,17-18H,1H3. The number of hydrogen-bond donors (Lipinski definition) is 2. The van der Waals surface area contributed by atoms with Crippen molar-refractivity contribution >= 4 is 11.0 Å². The lowest BCUT2D eigenvalue weighted by Gasteiger charge is -2.07. The number of rotatable bonds is 1. The van der Waals surface area contributed by atoms with Crippen molar-refractivity contribution in [3.8, 4) is 22.6 Å². The smallest absolute Gasteiger partial charge is 0.336 e. The van der Waals surface area contributed by atoms with Crippen molar-refractivity contribution < 1.29 is 14.6 Å². The van der Waals surface area contributed by atoms with Crippen molar-refractivity contribution in [2.24, 2.45) is 0 Å². The van der Waals surface area contributed by atoms with E-state index in [1.807, 2.05) is 6.07 Å². The lowest BCUT2D eigenvalue weighted by atomic mass is 10.0. The van der Waals surface area contributed by atoms with Gasteiger partial charge in [-0.05, 0) is 42.3 Å². The third-order valence-corrected chi connectivity index (χ3v) is 3.25. The maximum absolute atomic E-state index is 11.6. The molecule has 1 aromatic heterocycles. The number of aryl methyl sites for hydroxylation is 1. The van der Waals surface area contributed by atoms with E-state index < -0.39 is 5.63 Å². The first-order chi connectivity index (χ1) is 9.54. The molecule has 4 heteroatoms. The Labute approximate surface area is 114 Å². The molecule has 100 valence electrons. The van der Waals surface area contributed by atoms with Gasteiger partial charge in [-0.2, -0.15) is 0 Å². The van der Waals surface area contributed by atoms with Gasteiger partial charge in [-0.15, -0.1) is 0 Å². The highest BCUT2D eigenvalue weighted by Gasteiger charge is 2.10. The van der Waals surface area contributed by atoms with Crippen LogP contribution in [0, 0.1) is 6.92 Å². The summed E-state index contributed by atoms with van der Waals surface area (Å²) in [4.78, 5) is 11.6. The van der Waals surface area contributed by atoms with Crippen LogP contribution in [0.15, 0.2) is 51.7 Å². The number of fused-ring (bicyclic) bond motifs is 1. The summed E-state index contributed by atoms with van der Waals surface area (Å²) in [6.45, 7) is 1.79. The molecule has 0 saturated heterocycles. The van der Waals surface area contributed by atoms with Crippen LogP contribution in [0.2, 0.25) is 0 Å². The molecule has 3 aromatic rings. The van der Waals surface area contributed by atoms with Gasteiger partial charge in [0.15, 0.2) is 0 Å². The minimum atomic E-state index is -0.474. The van der Waals surface area contributed by atoms with E-state index in [9.17, 15) is 15.0 Å². The molecule has 0 unspecified atom stereocenters. The fraction of sp³-hybridized carbons (Fsp3) is 0.0625. The highest BCUT2D eigenvalue weighted by Crippen LogP contribution is 2.32. The molecule has 3 rings (SSSR count). The summed E-state index contributed by atoms with van der Waals surface area (Å²) >= 11 is 0. The van der Waals surface area contributed by atoms with E-state index in [1.54, 1.807) is 25.1 Å². The van der Waals surface area contributed by atoms with Crippen molar-refractivity contribution in [1.29, 1.82) is 0 Å². The summed E-state index contributed by atoms with van der Waals surface area (Å²) in [6.07, 6.45) is 0. The average Bonchev–Trinajstić information content (AvgIpc) is 2.41. The lowest BCUT2D eigenvalue weighted by Crippen LogP contribution is -1.98. The van der Waals surface area contributed by atoms with Crippen molar-refractivity contribution in [3.05, 3.63) is 58.4 Å². The van der Waals surface area contributed by atoms with Gasteiger partial charge in [0.2, 0.25) is 0 Å². The maximum atomic E-state index is 11.6. The van der Waals surface area contributed by atoms with E-state index >= 15 is 0 Å². The van der Waals surface area contributed by atoms with Gasteiger partial charge in [0, 0.05) is 17.0 Å². The first kappa shape index (κ1) is 12.3. The molecule has 0 fully saturated rings. The van der Waals surface area contributed by atoms with E-state index in [1.165, 1.54) is 18.2 Å². The quantitative estimate of drug-likeness (QED) is 0.665. The Bertz CT molecular complexity index is 862. The Balaban J connectivity index is 2.36. The molecule has 0 aliphatic rings. The van der Waals surface area contributed by atoms with Crippen LogP contribution < -0.4 is 5.63 Å². The molecular formula is C16H12O4. The van der Waals surface area contributed by atoms with Gasteiger partial charge >= 0.3 is 5.63 Å². The summed E-state index contributed by atoms with van der Waals surface area (Å²) in [5.41, 5.74) is 1.98. The van der Waals surface area contributed by atoms with Crippen molar-refractivity contribution in [2.45, 2.75) is 6.92 Å². The summed E-state index contributed by atoms with van der Waals surface area (Å²) in [6, 6.07) is 11.1. The van der Waals surface area contributed by atoms with Crippen LogP contribution in [0.25, 0.3) is 22.1 Å². The molecule has 0 atom stereocenters. The van der Waals surface area contributed by atoms with E-state index in [-0.39, 0.29) is 11.5 Å². The SMILES string of the molecule is Cc1ccc(-c2cc(=O)oc3ccc(O)cc23)cc1O. The van der Waals surface area contributed by atoms with Crippen LogP contribution in [0.4, 0.5) is 0 Å². The summed E-state index contributed by atoms with van der Waals surface area (Å²) < 4.78 is 5.10. The first-order valence-electron chi connectivity index (χ1n) is 6.11. The summed E-state index contributed by atoms with van der Waals surface area (Å²) in [5, 5.41) is 20.0. The molecule has 0 spiro atoms. The fourth-order valence-electron chi connectivity index (χ4n) is 2.17. The number of aromatic hydroxyl groups is 2. The Morgan fingerprint density at radius 3 is 2.55 bits per heavy atom. The third-order valence-electron chi connectivity index (χ3n) is 3.25. The Morgan fingerprint density at radius 2 is 1.80 bits per heavy atom. The monoisotopic (exact) mass is 268 g/mol. The number of phenols is 2. The topological polar surface area (TPSA) is 70.7 Å². The van der Waals surface area contributed by atoms with Gasteiger partial charge in [-0.25, -0.2) is 4.79 Å². The van der Waals surface area contributed by atoms with E-state index in [0.717, 1.165) is 5.56 Å². The van der Waals surface area contributed by atoms with Crippen LogP contribution in [0.3, 0.4) is 0 Å². The number of phenolic OH excluding ortho intramolecular Hbond substituents is 2. The molecule has 1 heterocycles. The molecule has 4 nitrogen and oxygen atoms in total. The molecule has 0 amide bonds. The fourth-order valence-corrected chi connectivity index (χ4v) is 2.17. The second-order valence-electron chi connectivity index (χ2n) is 4.66. The van der Waals surface area contributed by atoms with Crippen LogP contribution in [-0.2, 0) is 0 Å². The minimum Gasteiger partial charge on any atom is -0.508 e. The van der Waals surface area contributed by atoms with Crippen LogP contribution in [-0.4, -0.2) is 10.2 Å². The zero-order valence-corrected chi connectivity index (χ0v) is 10.8. The second kappa shape index (κ2) is 4.42. The Morgan fingerprint density at radius 1 is 1.00 bits per heavy atom. The molecule has 0 aliphatic heterocycles. The Kier molecular flexibility index (Phi) is 2.71. The van der Waals surface area contributed by atoms with Gasteiger partial charge in [0.05, 0.1) is 0 Å². The van der Waals surface area contributed by atoms with E-state index in [4.69, 9.17) is 4.42 Å². The van der Waals surface area contributed by atoms with Crippen molar-refractivity contribution in [2.75, 3.05) is 0 Å². The van der Waals surface area contributed by atoms with Crippen LogP contribution >= 0.6 is 0 Å². The molecule has 0 bridgehead atoms. The molecule has 0 saturated carbocycles. The Hall–Kier alpha value is -2.75. The largest absolute Gasteiger partial charge is 0.508 e. The minimum absolute atomic E-state index is 0.0870. The van der Waals surface area contributed by atoms with Gasteiger partial charge in [0.25, 0.3) is 0 Å². The van der Waals surface area contributed by atoms with Crippen molar-refractivity contribution in [3.63, 3.8) is 0 Å². The third kappa shape index (κ3) is 2.01. The van der Waals surface area contributed by atoms with E-state index in [2.05, 4.69) is 0 Å². The summed E-state index contributed by atoms with van der Waals surface area (Å²) in [7, 11) is 0. The predicted octanol–water partition coefficient (Wildman–Crippen LogP) is 3.18. The number of benzene rings is 2. The molecule has 0 aliphatic carbocycles. The highest BCUT2D eigenvalue weighted by molar-refractivity contribution is 5.94. The normalized spacial score (nSPS) is 10.8. The van der Waals surface area contributed by atoms with Gasteiger partial charge < -0.3 is 14.6 Å². The zero-order valence-electron chi connectivity index (χ0n) is 10.8. The van der Waals surface area contributed by atoms with E-state index in [0.29, 0.717) is 22.1 Å². The first-order valence-corrected chi connectivity index (χ1v) is 6.11. The van der Waals surface area contributed by atoms with Gasteiger partial charge in [-0.1, -0.05) is 12.1 Å². The van der Waals surface area contributed by atoms with Crippen molar-refractivity contribution in [1.82, 2.24) is 0 Å². The second-order valence-corrected chi connectivity index (χ2v) is 4.66. The molecule has 20 heavy (non-hydrogen) atoms. The molecule has 2 aromatic carbocycles.